The van der Waals surface area contributed by atoms with Gasteiger partial charge in [-0.2, -0.15) is 13.2 Å². The van der Waals surface area contributed by atoms with Crippen molar-refractivity contribution in [3.8, 4) is 0 Å². The molecule has 0 saturated heterocycles. The summed E-state index contributed by atoms with van der Waals surface area (Å²) in [7, 11) is 0. The molecular weight excluding hydrogens is 482 g/mol. The quantitative estimate of drug-likeness (QED) is 0.370. The Kier molecular flexibility index (Phi) is 7.31. The molecule has 1 atom stereocenters. The second-order valence-corrected chi connectivity index (χ2v) is 9.14. The maximum absolute atomic E-state index is 14.2. The van der Waals surface area contributed by atoms with Crippen LogP contribution >= 0.6 is 11.6 Å². The molecule has 4 rings (SSSR count). The van der Waals surface area contributed by atoms with Gasteiger partial charge in [-0.25, -0.2) is 9.18 Å². The third kappa shape index (κ3) is 5.75. The highest BCUT2D eigenvalue weighted by molar-refractivity contribution is 6.30. The Morgan fingerprint density at radius 1 is 1.03 bits per heavy atom. The molecule has 0 aliphatic heterocycles. The number of carbonyl (C=O) groups is 1. The number of benzene rings is 2. The van der Waals surface area contributed by atoms with Crippen molar-refractivity contribution in [1.82, 2.24) is 15.6 Å². The van der Waals surface area contributed by atoms with Gasteiger partial charge in [0.15, 0.2) is 0 Å². The van der Waals surface area contributed by atoms with Crippen molar-refractivity contribution in [2.75, 3.05) is 0 Å². The van der Waals surface area contributed by atoms with Crippen molar-refractivity contribution in [3.05, 3.63) is 100 Å². The molecule has 4 nitrogen and oxygen atoms in total. The average Bonchev–Trinajstić information content (AvgIpc) is 3.32. The zero-order chi connectivity index (χ0) is 25.1. The van der Waals surface area contributed by atoms with Gasteiger partial charge >= 0.3 is 12.2 Å². The van der Waals surface area contributed by atoms with Crippen molar-refractivity contribution in [2.24, 2.45) is 0 Å². The minimum atomic E-state index is -4.92. The van der Waals surface area contributed by atoms with Crippen LogP contribution in [0.25, 0.3) is 0 Å². The van der Waals surface area contributed by atoms with Crippen LogP contribution < -0.4 is 10.6 Å². The number of urea groups is 1. The van der Waals surface area contributed by atoms with E-state index in [-0.39, 0.29) is 23.7 Å². The van der Waals surface area contributed by atoms with Gasteiger partial charge in [-0.3, -0.25) is 4.98 Å². The first-order chi connectivity index (χ1) is 16.7. The molecular formula is C26H24ClF4N3O. The number of pyridine rings is 1. The Morgan fingerprint density at radius 3 is 2.37 bits per heavy atom. The fraction of sp³-hybridized carbons (Fsp3) is 0.308. The number of hydrogen-bond acceptors (Lipinski definition) is 2. The van der Waals surface area contributed by atoms with Crippen molar-refractivity contribution in [1.29, 1.82) is 0 Å². The molecule has 1 saturated carbocycles. The molecule has 0 radical (unpaired) electrons. The van der Waals surface area contributed by atoms with E-state index in [0.717, 1.165) is 43.4 Å². The molecule has 9 heteroatoms. The molecule has 0 spiro atoms. The molecule has 1 aliphatic rings. The molecule has 2 aromatic carbocycles. The molecule has 1 aliphatic carbocycles. The highest BCUT2D eigenvalue weighted by Gasteiger charge is 2.41. The summed E-state index contributed by atoms with van der Waals surface area (Å²) in [6.07, 6.45) is 0.153. The highest BCUT2D eigenvalue weighted by atomic mass is 35.5. The second kappa shape index (κ2) is 10.2. The molecule has 35 heavy (non-hydrogen) atoms. The first-order valence-electron chi connectivity index (χ1n) is 11.3. The van der Waals surface area contributed by atoms with E-state index in [1.807, 2.05) is 6.07 Å². The van der Waals surface area contributed by atoms with Gasteiger partial charge in [0.2, 0.25) is 0 Å². The number of hydrogen-bond donors (Lipinski definition) is 2. The third-order valence-corrected chi connectivity index (χ3v) is 6.48. The smallest absolute Gasteiger partial charge is 0.335 e. The van der Waals surface area contributed by atoms with Gasteiger partial charge in [-0.1, -0.05) is 60.8 Å². The zero-order valence-corrected chi connectivity index (χ0v) is 19.5. The van der Waals surface area contributed by atoms with E-state index in [1.54, 1.807) is 36.4 Å². The van der Waals surface area contributed by atoms with E-state index < -0.39 is 29.1 Å². The second-order valence-electron chi connectivity index (χ2n) is 8.70. The van der Waals surface area contributed by atoms with Gasteiger partial charge in [0.05, 0.1) is 16.3 Å². The lowest BCUT2D eigenvalue weighted by Crippen LogP contribution is -2.54. The van der Waals surface area contributed by atoms with Gasteiger partial charge < -0.3 is 10.6 Å². The standard InChI is InChI=1S/C26H24ClF4N3O/c27-19-11-13-23(32-16-19)25(15-17-6-2-1-3-7-17,34-24(35)33-20-8-4-5-9-20)18-10-12-22(28)21(14-18)26(29,30)31/h1-3,6-7,10-14,16,20H,4-5,8-9,15H2,(H2,33,34,35). The van der Waals surface area contributed by atoms with E-state index in [4.69, 9.17) is 11.6 Å². The molecule has 2 N–H and O–H groups in total. The topological polar surface area (TPSA) is 54.0 Å². The number of nitrogens with zero attached hydrogens (tertiary/aromatic N) is 1. The van der Waals surface area contributed by atoms with Crippen LogP contribution in [0, 0.1) is 5.82 Å². The molecule has 1 heterocycles. The van der Waals surface area contributed by atoms with Crippen LogP contribution in [0.2, 0.25) is 5.02 Å². The monoisotopic (exact) mass is 505 g/mol. The molecule has 184 valence electrons. The predicted molar refractivity (Wildman–Crippen MR) is 125 cm³/mol. The Hall–Kier alpha value is -3.13. The van der Waals surface area contributed by atoms with E-state index in [0.29, 0.717) is 5.02 Å². The third-order valence-electron chi connectivity index (χ3n) is 6.26. The van der Waals surface area contributed by atoms with Gasteiger partial charge in [-0.15, -0.1) is 0 Å². The van der Waals surface area contributed by atoms with Gasteiger partial charge in [0, 0.05) is 18.7 Å². The summed E-state index contributed by atoms with van der Waals surface area (Å²) in [5.74, 6) is -1.39. The molecule has 3 aromatic rings. The summed E-state index contributed by atoms with van der Waals surface area (Å²) >= 11 is 6.03. The van der Waals surface area contributed by atoms with Crippen LogP contribution in [0.3, 0.4) is 0 Å². The molecule has 1 unspecified atom stereocenters. The molecule has 1 fully saturated rings. The number of halogens is 5. The molecule has 0 bridgehead atoms. The van der Waals surface area contributed by atoms with E-state index in [9.17, 15) is 22.4 Å². The summed E-state index contributed by atoms with van der Waals surface area (Å²) in [5.41, 5.74) is -1.90. The largest absolute Gasteiger partial charge is 0.419 e. The first kappa shape index (κ1) is 25.0. The molecule has 1 aromatic heterocycles. The number of carbonyl (C=O) groups excluding carboxylic acids is 1. The predicted octanol–water partition coefficient (Wildman–Crippen LogP) is 6.62. The number of rotatable bonds is 6. The summed E-state index contributed by atoms with van der Waals surface area (Å²) in [5, 5.41) is 6.16. The van der Waals surface area contributed by atoms with Crippen LogP contribution in [-0.4, -0.2) is 17.1 Å². The fourth-order valence-electron chi connectivity index (χ4n) is 4.54. The number of alkyl halides is 3. The van der Waals surface area contributed by atoms with Crippen LogP contribution in [0.1, 0.15) is 48.1 Å². The first-order valence-corrected chi connectivity index (χ1v) is 11.7. The van der Waals surface area contributed by atoms with E-state index >= 15 is 0 Å². The van der Waals surface area contributed by atoms with Gasteiger partial charge in [0.1, 0.15) is 11.4 Å². The summed E-state index contributed by atoms with van der Waals surface area (Å²) in [4.78, 5) is 17.6. The fourth-order valence-corrected chi connectivity index (χ4v) is 4.66. The summed E-state index contributed by atoms with van der Waals surface area (Å²) in [6, 6.07) is 14.3. The van der Waals surface area contributed by atoms with Crippen LogP contribution in [-0.2, 0) is 18.1 Å². The Bertz CT molecular complexity index is 1170. The van der Waals surface area contributed by atoms with Crippen LogP contribution in [0.5, 0.6) is 0 Å². The Labute approximate surface area is 205 Å². The Morgan fingerprint density at radius 2 is 1.74 bits per heavy atom. The normalized spacial score (nSPS) is 16.0. The van der Waals surface area contributed by atoms with Crippen LogP contribution in [0.15, 0.2) is 66.9 Å². The van der Waals surface area contributed by atoms with E-state index in [2.05, 4.69) is 15.6 Å². The van der Waals surface area contributed by atoms with Crippen molar-refractivity contribution < 1.29 is 22.4 Å². The zero-order valence-electron chi connectivity index (χ0n) is 18.7. The minimum Gasteiger partial charge on any atom is -0.335 e. The average molecular weight is 506 g/mol. The highest BCUT2D eigenvalue weighted by Crippen LogP contribution is 2.38. The number of amides is 2. The maximum atomic E-state index is 14.2. The van der Waals surface area contributed by atoms with Crippen molar-refractivity contribution in [2.45, 2.75) is 49.9 Å². The minimum absolute atomic E-state index is 0.0263. The van der Waals surface area contributed by atoms with Crippen molar-refractivity contribution in [3.63, 3.8) is 0 Å². The maximum Gasteiger partial charge on any atom is 0.419 e. The lowest BCUT2D eigenvalue weighted by atomic mass is 9.80. The summed E-state index contributed by atoms with van der Waals surface area (Å²) in [6.45, 7) is 0. The Balaban J connectivity index is 1.88. The molecule has 2 amide bonds. The lowest BCUT2D eigenvalue weighted by Gasteiger charge is -2.36. The number of nitrogens with one attached hydrogen (secondary N) is 2. The number of aromatic nitrogens is 1. The van der Waals surface area contributed by atoms with Gasteiger partial charge in [-0.05, 0) is 48.2 Å². The van der Waals surface area contributed by atoms with E-state index in [1.165, 1.54) is 12.3 Å². The van der Waals surface area contributed by atoms with Crippen LogP contribution in [0.4, 0.5) is 22.4 Å². The lowest BCUT2D eigenvalue weighted by molar-refractivity contribution is -0.140. The van der Waals surface area contributed by atoms with Crippen molar-refractivity contribution >= 4 is 17.6 Å². The SMILES string of the molecule is O=C(NC1CCCC1)NC(Cc1ccccc1)(c1ccc(F)c(C(F)(F)F)c1)c1ccc(Cl)cn1. The van der Waals surface area contributed by atoms with Gasteiger partial charge in [0.25, 0.3) is 0 Å². The summed E-state index contributed by atoms with van der Waals surface area (Å²) < 4.78 is 55.2.